The Balaban J connectivity index is 0.000000867. The van der Waals surface area contributed by atoms with Gasteiger partial charge >= 0.3 is 10.6 Å². The van der Waals surface area contributed by atoms with Gasteiger partial charge < -0.3 is 29.9 Å². The highest BCUT2D eigenvalue weighted by Gasteiger charge is 2.44. The first-order valence-corrected chi connectivity index (χ1v) is 12.6. The van der Waals surface area contributed by atoms with Crippen LogP contribution in [0, 0.1) is 5.41 Å². The molecule has 0 saturated carbocycles. The van der Waals surface area contributed by atoms with E-state index in [1.807, 2.05) is 30.3 Å². The normalized spacial score (nSPS) is 22.6. The van der Waals surface area contributed by atoms with Gasteiger partial charge in [-0.15, -0.1) is 12.6 Å². The van der Waals surface area contributed by atoms with Crippen LogP contribution in [-0.4, -0.2) is 96.0 Å². The number of nitrogens with zero attached hydrogens (tertiary/aromatic N) is 5. The van der Waals surface area contributed by atoms with Crippen LogP contribution in [0.3, 0.4) is 0 Å². The van der Waals surface area contributed by atoms with Gasteiger partial charge in [-0.1, -0.05) is 18.2 Å². The van der Waals surface area contributed by atoms with Crippen LogP contribution in [0.2, 0.25) is 0 Å². The van der Waals surface area contributed by atoms with Gasteiger partial charge in [0.15, 0.2) is 11.1 Å². The fourth-order valence-electron chi connectivity index (χ4n) is 3.83. The van der Waals surface area contributed by atoms with Crippen LogP contribution in [0.4, 0.5) is 0 Å². The number of fused-ring (bicyclic) bond motifs is 1. The second-order valence-corrected chi connectivity index (χ2v) is 8.81. The lowest BCUT2D eigenvalue weighted by Gasteiger charge is -2.39. The number of aromatic nitrogens is 4. The molecular weight excluding hydrogens is 548 g/mol. The number of para-hydroxylation sites is 1. The molecule has 2 aromatic heterocycles. The van der Waals surface area contributed by atoms with Crippen LogP contribution in [0.15, 0.2) is 72.2 Å². The van der Waals surface area contributed by atoms with Crippen molar-refractivity contribution in [1.29, 1.82) is 5.41 Å². The summed E-state index contributed by atoms with van der Waals surface area (Å²) in [5, 5.41) is 56.9. The molecule has 2 aromatic carbocycles. The zero-order chi connectivity index (χ0) is 28.8. The monoisotopic (exact) mass is 572 g/mol. The standard InChI is InChI=1S/C24H24N6O6.O3S/c25-22-17-11-28-30(15-4-2-1-3-5-15)23(17)26-13-29(22)27-10-14-6-8-16(9-7-14)35-24-21(34)20(33)19(32)18(12-31)36-24;1-4(2)3/h1-11,13,18-21,24-25,31-34H,12H2;/b25-22?,27-10-;. The van der Waals surface area contributed by atoms with Gasteiger partial charge in [-0.3, -0.25) is 5.41 Å². The number of aliphatic hydroxyl groups excluding tert-OH is 4. The third-order valence-electron chi connectivity index (χ3n) is 5.83. The summed E-state index contributed by atoms with van der Waals surface area (Å²) in [5.74, 6) is 0.335. The number of benzene rings is 2. The maximum Gasteiger partial charge on any atom is 0.425 e. The number of rotatable bonds is 6. The maximum absolute atomic E-state index is 10.1. The molecule has 3 heterocycles. The van der Waals surface area contributed by atoms with Crippen molar-refractivity contribution >= 4 is 27.9 Å². The largest absolute Gasteiger partial charge is 0.462 e. The minimum absolute atomic E-state index is 0.126. The van der Waals surface area contributed by atoms with E-state index in [9.17, 15) is 20.4 Å². The fraction of sp³-hybridized carbons (Fsp3) is 0.250. The van der Waals surface area contributed by atoms with Gasteiger partial charge in [0.25, 0.3) is 0 Å². The summed E-state index contributed by atoms with van der Waals surface area (Å²) in [6.45, 7) is -0.538. The van der Waals surface area contributed by atoms with Crippen LogP contribution < -0.4 is 10.2 Å². The molecule has 0 radical (unpaired) electrons. The molecule has 1 saturated heterocycles. The molecule has 1 fully saturated rings. The van der Waals surface area contributed by atoms with Gasteiger partial charge in [-0.2, -0.15) is 10.2 Å². The average Bonchev–Trinajstić information content (AvgIpc) is 3.39. The van der Waals surface area contributed by atoms with Crippen LogP contribution in [0.5, 0.6) is 5.75 Å². The van der Waals surface area contributed by atoms with Crippen molar-refractivity contribution in [2.75, 3.05) is 6.61 Å². The van der Waals surface area contributed by atoms with E-state index in [-0.39, 0.29) is 5.49 Å². The molecule has 1 aliphatic rings. The minimum Gasteiger partial charge on any atom is -0.462 e. The Morgan fingerprint density at radius 2 is 1.70 bits per heavy atom. The van der Waals surface area contributed by atoms with Crippen LogP contribution in [0.25, 0.3) is 16.7 Å². The fourth-order valence-corrected chi connectivity index (χ4v) is 3.83. The summed E-state index contributed by atoms with van der Waals surface area (Å²) >= 11 is 0. The average molecular weight is 573 g/mol. The Labute approximate surface area is 227 Å². The Hall–Kier alpha value is -4.32. The molecule has 5 unspecified atom stereocenters. The Bertz CT molecular complexity index is 1630. The first-order valence-electron chi connectivity index (χ1n) is 11.6. The van der Waals surface area contributed by atoms with Crippen LogP contribution >= 0.6 is 0 Å². The maximum atomic E-state index is 10.1. The van der Waals surface area contributed by atoms with E-state index < -0.39 is 47.9 Å². The zero-order valence-corrected chi connectivity index (χ0v) is 21.3. The molecule has 0 aliphatic carbocycles. The molecule has 40 heavy (non-hydrogen) atoms. The first-order chi connectivity index (χ1) is 19.2. The van der Waals surface area contributed by atoms with E-state index in [0.29, 0.717) is 22.3 Å². The second-order valence-electron chi connectivity index (χ2n) is 8.40. The van der Waals surface area contributed by atoms with Crippen LogP contribution in [-0.2, 0) is 15.3 Å². The number of hydrogen-bond acceptors (Lipinski definition) is 13. The highest BCUT2D eigenvalue weighted by molar-refractivity contribution is 7.59. The van der Waals surface area contributed by atoms with Crippen molar-refractivity contribution in [2.24, 2.45) is 5.10 Å². The summed E-state index contributed by atoms with van der Waals surface area (Å²) in [5.41, 5.74) is 2.21. The molecule has 5 N–H and O–H groups in total. The number of hydrogen-bond donors (Lipinski definition) is 5. The Morgan fingerprint density at radius 3 is 2.35 bits per heavy atom. The molecule has 0 bridgehead atoms. The highest BCUT2D eigenvalue weighted by atomic mass is 32.2. The third-order valence-corrected chi connectivity index (χ3v) is 5.83. The molecule has 210 valence electrons. The topological polar surface area (TPSA) is 222 Å². The van der Waals surface area contributed by atoms with Crippen molar-refractivity contribution in [3.05, 3.63) is 78.2 Å². The first kappa shape index (κ1) is 28.7. The van der Waals surface area contributed by atoms with Gasteiger partial charge in [0, 0.05) is 0 Å². The van der Waals surface area contributed by atoms with Gasteiger partial charge in [0.1, 0.15) is 36.5 Å². The second kappa shape index (κ2) is 12.7. The van der Waals surface area contributed by atoms with Crippen molar-refractivity contribution < 1.29 is 42.5 Å². The van der Waals surface area contributed by atoms with Crippen LogP contribution in [0.1, 0.15) is 5.56 Å². The molecule has 0 spiro atoms. The Kier molecular flexibility index (Phi) is 9.10. The minimum atomic E-state index is -3.11. The van der Waals surface area contributed by atoms with E-state index in [1.165, 1.54) is 11.0 Å². The SMILES string of the molecule is N=c1c2cnn(-c3ccccc3)c2ncn1/N=C\c1ccc(OC2OC(CO)C(O)C(O)C2O)cc1.O=S(=O)=O. The number of aliphatic hydroxyl groups is 4. The summed E-state index contributed by atoms with van der Waals surface area (Å²) in [4.78, 5) is 4.42. The summed E-state index contributed by atoms with van der Waals surface area (Å²) in [7, 11) is -3.11. The molecule has 0 amide bonds. The van der Waals surface area contributed by atoms with Gasteiger partial charge in [0.2, 0.25) is 6.29 Å². The predicted octanol–water partition coefficient (Wildman–Crippen LogP) is -1.24. The van der Waals surface area contributed by atoms with E-state index in [0.717, 1.165) is 5.69 Å². The third kappa shape index (κ3) is 6.45. The quantitative estimate of drug-likeness (QED) is 0.172. The van der Waals surface area contributed by atoms with Gasteiger partial charge in [-0.25, -0.2) is 14.3 Å². The summed E-state index contributed by atoms with van der Waals surface area (Å²) < 4.78 is 39.3. The zero-order valence-electron chi connectivity index (χ0n) is 20.5. The van der Waals surface area contributed by atoms with E-state index in [4.69, 9.17) is 27.5 Å². The molecule has 1 aliphatic heterocycles. The highest BCUT2D eigenvalue weighted by Crippen LogP contribution is 2.24. The van der Waals surface area contributed by atoms with Gasteiger partial charge in [-0.05, 0) is 42.0 Å². The van der Waals surface area contributed by atoms with Gasteiger partial charge in [0.05, 0.1) is 30.1 Å². The summed E-state index contributed by atoms with van der Waals surface area (Å²) in [6.07, 6.45) is -2.22. The number of nitrogens with one attached hydrogen (secondary N) is 1. The molecule has 16 heteroatoms. The predicted molar refractivity (Wildman–Crippen MR) is 136 cm³/mol. The molecule has 15 nitrogen and oxygen atoms in total. The van der Waals surface area contributed by atoms with Crippen molar-refractivity contribution in [3.63, 3.8) is 0 Å². The molecule has 5 atom stereocenters. The smallest absolute Gasteiger partial charge is 0.425 e. The summed E-state index contributed by atoms with van der Waals surface area (Å²) in [6, 6.07) is 16.1. The Morgan fingerprint density at radius 1 is 1.02 bits per heavy atom. The van der Waals surface area contributed by atoms with E-state index >= 15 is 0 Å². The van der Waals surface area contributed by atoms with Crippen molar-refractivity contribution in [2.45, 2.75) is 30.7 Å². The van der Waals surface area contributed by atoms with E-state index in [2.05, 4.69) is 15.2 Å². The van der Waals surface area contributed by atoms with Crippen molar-refractivity contribution in [1.82, 2.24) is 19.4 Å². The van der Waals surface area contributed by atoms with E-state index in [1.54, 1.807) is 41.4 Å². The lowest BCUT2D eigenvalue weighted by molar-refractivity contribution is -0.277. The molecule has 4 aromatic rings. The molecular formula is C24H24N6O9S. The molecule has 5 rings (SSSR count). The van der Waals surface area contributed by atoms with Crippen molar-refractivity contribution in [3.8, 4) is 11.4 Å². The lowest BCUT2D eigenvalue weighted by atomic mass is 9.99. The lowest BCUT2D eigenvalue weighted by Crippen LogP contribution is -2.60. The number of ether oxygens (including phenoxy) is 2.